The Labute approximate surface area is 131 Å². The lowest BCUT2D eigenvalue weighted by atomic mass is 10.0. The van der Waals surface area contributed by atoms with E-state index >= 15 is 0 Å². The number of nitrogens with two attached hydrogens (primary N) is 1. The zero-order valence-corrected chi connectivity index (χ0v) is 12.9. The number of benzene rings is 2. The van der Waals surface area contributed by atoms with Crippen molar-refractivity contribution in [1.29, 1.82) is 0 Å². The second kappa shape index (κ2) is 8.03. The van der Waals surface area contributed by atoms with Crippen LogP contribution < -0.4 is 16.0 Å². The van der Waals surface area contributed by atoms with Gasteiger partial charge in [0.05, 0.1) is 6.61 Å². The minimum atomic E-state index is 0.177. The number of hydrazine groups is 1. The first-order chi connectivity index (χ1) is 10.2. The minimum absolute atomic E-state index is 0.177. The number of ether oxygens (including phenoxy) is 1. The van der Waals surface area contributed by atoms with Crippen molar-refractivity contribution in [3.8, 4) is 5.75 Å². The molecule has 3 N–H and O–H groups in total. The van der Waals surface area contributed by atoms with Gasteiger partial charge in [0.1, 0.15) is 5.75 Å². The topological polar surface area (TPSA) is 47.3 Å². The molecule has 0 amide bonds. The molecule has 2 rings (SSSR count). The molecule has 2 aromatic rings. The summed E-state index contributed by atoms with van der Waals surface area (Å²) in [5, 5.41) is 0.749. The van der Waals surface area contributed by atoms with Gasteiger partial charge in [-0.1, -0.05) is 35.9 Å². The van der Waals surface area contributed by atoms with Crippen molar-refractivity contribution in [2.75, 3.05) is 6.61 Å². The van der Waals surface area contributed by atoms with Gasteiger partial charge >= 0.3 is 0 Å². The minimum Gasteiger partial charge on any atom is -0.494 e. The van der Waals surface area contributed by atoms with Crippen LogP contribution in [0.15, 0.2) is 48.5 Å². The molecule has 112 valence electrons. The van der Waals surface area contributed by atoms with Crippen LogP contribution in [0.3, 0.4) is 0 Å². The highest BCUT2D eigenvalue weighted by atomic mass is 35.5. The Bertz CT molecular complexity index is 557. The van der Waals surface area contributed by atoms with Crippen LogP contribution in [0, 0.1) is 6.92 Å². The van der Waals surface area contributed by atoms with Gasteiger partial charge in [0, 0.05) is 11.1 Å². The van der Waals surface area contributed by atoms with Crippen molar-refractivity contribution in [3.63, 3.8) is 0 Å². The van der Waals surface area contributed by atoms with Crippen molar-refractivity contribution >= 4 is 11.6 Å². The lowest BCUT2D eigenvalue weighted by Gasteiger charge is -2.16. The standard InChI is InChI=1S/C17H21ClN2O/c1-13-3-2-4-17(11-13)21-10-9-16(20-19)12-14-5-7-15(18)8-6-14/h2-8,11,16,20H,9-10,12,19H2,1H3. The second-order valence-corrected chi connectivity index (χ2v) is 5.58. The second-order valence-electron chi connectivity index (χ2n) is 5.15. The lowest BCUT2D eigenvalue weighted by molar-refractivity contribution is 0.285. The molecule has 1 unspecified atom stereocenters. The predicted molar refractivity (Wildman–Crippen MR) is 87.6 cm³/mol. The maximum absolute atomic E-state index is 5.89. The molecule has 0 aliphatic rings. The van der Waals surface area contributed by atoms with Crippen LogP contribution in [0.1, 0.15) is 17.5 Å². The average molecular weight is 305 g/mol. The summed E-state index contributed by atoms with van der Waals surface area (Å²) in [6, 6.07) is 16.1. The first kappa shape index (κ1) is 15.8. The highest BCUT2D eigenvalue weighted by Gasteiger charge is 2.08. The van der Waals surface area contributed by atoms with Gasteiger partial charge in [0.15, 0.2) is 0 Å². The Kier molecular flexibility index (Phi) is 6.05. The van der Waals surface area contributed by atoms with Gasteiger partial charge in [0.25, 0.3) is 0 Å². The average Bonchev–Trinajstić information content (AvgIpc) is 2.48. The number of hydrogen-bond donors (Lipinski definition) is 2. The molecule has 0 bridgehead atoms. The molecule has 0 aromatic heterocycles. The van der Waals surface area contributed by atoms with Crippen LogP contribution in [0.2, 0.25) is 5.02 Å². The molecular weight excluding hydrogens is 284 g/mol. The normalized spacial score (nSPS) is 12.1. The Morgan fingerprint density at radius 1 is 1.19 bits per heavy atom. The molecule has 2 aromatic carbocycles. The monoisotopic (exact) mass is 304 g/mol. The van der Waals surface area contributed by atoms with Crippen LogP contribution >= 0.6 is 11.6 Å². The smallest absolute Gasteiger partial charge is 0.119 e. The van der Waals surface area contributed by atoms with Gasteiger partial charge in [-0.2, -0.15) is 0 Å². The summed E-state index contributed by atoms with van der Waals surface area (Å²) >= 11 is 5.89. The van der Waals surface area contributed by atoms with Crippen molar-refractivity contribution in [1.82, 2.24) is 5.43 Å². The summed E-state index contributed by atoms with van der Waals surface area (Å²) in [6.45, 7) is 2.68. The van der Waals surface area contributed by atoms with Gasteiger partial charge in [-0.3, -0.25) is 11.3 Å². The van der Waals surface area contributed by atoms with Gasteiger partial charge < -0.3 is 4.74 Å². The van der Waals surface area contributed by atoms with Crippen LogP contribution in [-0.2, 0) is 6.42 Å². The summed E-state index contributed by atoms with van der Waals surface area (Å²) in [5.41, 5.74) is 5.25. The molecule has 21 heavy (non-hydrogen) atoms. The molecule has 1 atom stereocenters. The Morgan fingerprint density at radius 2 is 1.95 bits per heavy atom. The number of hydrogen-bond acceptors (Lipinski definition) is 3. The molecule has 0 fully saturated rings. The molecule has 0 aliphatic heterocycles. The van der Waals surface area contributed by atoms with E-state index in [1.165, 1.54) is 11.1 Å². The maximum atomic E-state index is 5.89. The molecule has 0 saturated carbocycles. The quantitative estimate of drug-likeness (QED) is 0.608. The number of aryl methyl sites for hydroxylation is 1. The van der Waals surface area contributed by atoms with E-state index in [1.54, 1.807) is 0 Å². The fourth-order valence-electron chi connectivity index (χ4n) is 2.17. The molecular formula is C17H21ClN2O. The molecule has 0 radical (unpaired) electrons. The molecule has 0 saturated heterocycles. The van der Waals surface area contributed by atoms with E-state index in [4.69, 9.17) is 22.2 Å². The lowest BCUT2D eigenvalue weighted by Crippen LogP contribution is -2.37. The van der Waals surface area contributed by atoms with Gasteiger partial charge in [0.2, 0.25) is 0 Å². The summed E-state index contributed by atoms with van der Waals surface area (Å²) in [5.74, 6) is 6.52. The fraction of sp³-hybridized carbons (Fsp3) is 0.294. The summed E-state index contributed by atoms with van der Waals surface area (Å²) < 4.78 is 5.76. The third-order valence-corrected chi connectivity index (χ3v) is 3.61. The van der Waals surface area contributed by atoms with Crippen molar-refractivity contribution in [3.05, 3.63) is 64.7 Å². The third kappa shape index (κ3) is 5.38. The van der Waals surface area contributed by atoms with E-state index in [-0.39, 0.29) is 6.04 Å². The molecule has 0 aliphatic carbocycles. The molecule has 3 nitrogen and oxygen atoms in total. The largest absolute Gasteiger partial charge is 0.494 e. The summed E-state index contributed by atoms with van der Waals surface area (Å²) in [7, 11) is 0. The number of rotatable bonds is 7. The Balaban J connectivity index is 1.81. The maximum Gasteiger partial charge on any atom is 0.119 e. The number of halogens is 1. The Hall–Kier alpha value is -1.55. The van der Waals surface area contributed by atoms with E-state index in [1.807, 2.05) is 42.5 Å². The molecule has 0 spiro atoms. The zero-order chi connectivity index (χ0) is 15.1. The van der Waals surface area contributed by atoms with Crippen LogP contribution in [0.25, 0.3) is 0 Å². The van der Waals surface area contributed by atoms with Gasteiger partial charge in [-0.05, 0) is 55.2 Å². The van der Waals surface area contributed by atoms with Crippen molar-refractivity contribution in [2.45, 2.75) is 25.8 Å². The van der Waals surface area contributed by atoms with E-state index in [0.717, 1.165) is 23.6 Å². The fourth-order valence-corrected chi connectivity index (χ4v) is 2.30. The van der Waals surface area contributed by atoms with Crippen LogP contribution in [0.4, 0.5) is 0 Å². The SMILES string of the molecule is Cc1cccc(OCCC(Cc2ccc(Cl)cc2)NN)c1. The van der Waals surface area contributed by atoms with Gasteiger partial charge in [-0.15, -0.1) is 0 Å². The highest BCUT2D eigenvalue weighted by molar-refractivity contribution is 6.30. The van der Waals surface area contributed by atoms with Crippen LogP contribution in [0.5, 0.6) is 5.75 Å². The highest BCUT2D eigenvalue weighted by Crippen LogP contribution is 2.14. The summed E-state index contributed by atoms with van der Waals surface area (Å²) in [6.07, 6.45) is 1.69. The van der Waals surface area contributed by atoms with E-state index in [0.29, 0.717) is 6.61 Å². The molecule has 0 heterocycles. The third-order valence-electron chi connectivity index (χ3n) is 3.36. The predicted octanol–water partition coefficient (Wildman–Crippen LogP) is 3.49. The summed E-state index contributed by atoms with van der Waals surface area (Å²) in [4.78, 5) is 0. The van der Waals surface area contributed by atoms with Crippen molar-refractivity contribution in [2.24, 2.45) is 5.84 Å². The first-order valence-electron chi connectivity index (χ1n) is 7.07. The zero-order valence-electron chi connectivity index (χ0n) is 12.2. The van der Waals surface area contributed by atoms with E-state index in [9.17, 15) is 0 Å². The molecule has 4 heteroatoms. The van der Waals surface area contributed by atoms with Crippen LogP contribution in [-0.4, -0.2) is 12.6 Å². The van der Waals surface area contributed by atoms with E-state index < -0.39 is 0 Å². The van der Waals surface area contributed by atoms with Crippen molar-refractivity contribution < 1.29 is 4.74 Å². The van der Waals surface area contributed by atoms with Gasteiger partial charge in [-0.25, -0.2) is 0 Å². The number of nitrogens with one attached hydrogen (secondary N) is 1. The first-order valence-corrected chi connectivity index (χ1v) is 7.45. The van der Waals surface area contributed by atoms with E-state index in [2.05, 4.69) is 18.4 Å². The Morgan fingerprint density at radius 3 is 2.62 bits per heavy atom.